The Kier molecular flexibility index (Phi) is 1.87. The largest absolute Gasteiger partial charge is 0.276 e. The molecule has 0 saturated carbocycles. The highest BCUT2D eigenvalue weighted by molar-refractivity contribution is 7.78. The van der Waals surface area contributed by atoms with Gasteiger partial charge in [0, 0.05) is 18.0 Å². The van der Waals surface area contributed by atoms with Crippen molar-refractivity contribution in [3.63, 3.8) is 0 Å². The summed E-state index contributed by atoms with van der Waals surface area (Å²) in [6, 6.07) is 9.97. The molecule has 0 amide bonds. The molecular weight excluding hydrogens is 168 g/mol. The molecule has 2 nitrogen and oxygen atoms in total. The molecule has 3 heteroatoms. The lowest BCUT2D eigenvalue weighted by Crippen LogP contribution is -1.84. The van der Waals surface area contributed by atoms with Gasteiger partial charge in [0.25, 0.3) is 0 Å². The van der Waals surface area contributed by atoms with Crippen molar-refractivity contribution in [1.29, 1.82) is 0 Å². The third-order valence-corrected chi connectivity index (χ3v) is 1.98. The van der Waals surface area contributed by atoms with Gasteiger partial charge < -0.3 is 0 Å². The average molecular weight is 176 g/mol. The Labute approximate surface area is 76.4 Å². The van der Waals surface area contributed by atoms with Gasteiger partial charge in [-0.25, -0.2) is 4.98 Å². The molecule has 2 aromatic rings. The van der Waals surface area contributed by atoms with Crippen LogP contribution in [0.1, 0.15) is 0 Å². The van der Waals surface area contributed by atoms with Crippen LogP contribution in [0.15, 0.2) is 42.7 Å². The fourth-order valence-electron chi connectivity index (χ4n) is 1.09. The van der Waals surface area contributed by atoms with E-state index in [1.807, 2.05) is 36.5 Å². The molecule has 0 aliphatic carbocycles. The van der Waals surface area contributed by atoms with Crippen LogP contribution < -0.4 is 0 Å². The van der Waals surface area contributed by atoms with Crippen molar-refractivity contribution in [2.24, 2.45) is 0 Å². The maximum atomic E-state index is 4.21. The number of aromatic nitrogens is 2. The van der Waals surface area contributed by atoms with Crippen LogP contribution in [0, 0.1) is 0 Å². The first-order chi connectivity index (χ1) is 5.88. The Balaban J connectivity index is 2.51. The molecule has 0 bridgehead atoms. The Hall–Kier alpha value is -1.22. The summed E-state index contributed by atoms with van der Waals surface area (Å²) in [5.41, 5.74) is 1.08. The van der Waals surface area contributed by atoms with Crippen LogP contribution in [0.3, 0.4) is 0 Å². The van der Waals surface area contributed by atoms with E-state index in [-0.39, 0.29) is 0 Å². The molecule has 0 unspecified atom stereocenters. The summed E-state index contributed by atoms with van der Waals surface area (Å²) >= 11 is 4.21. The van der Waals surface area contributed by atoms with Crippen LogP contribution in [-0.2, 0) is 0 Å². The smallest absolute Gasteiger partial charge is 0.149 e. The second-order valence-electron chi connectivity index (χ2n) is 2.46. The zero-order valence-electron chi connectivity index (χ0n) is 6.38. The van der Waals surface area contributed by atoms with E-state index >= 15 is 0 Å². The minimum atomic E-state index is 0.874. The van der Waals surface area contributed by atoms with Crippen molar-refractivity contribution >= 4 is 12.8 Å². The fraction of sp³-hybridized carbons (Fsp3) is 0. The average Bonchev–Trinajstić information content (AvgIpc) is 2.53. The normalized spacial score (nSPS) is 10.1. The molecule has 60 valence electrons. The number of rotatable bonds is 1. The molecule has 0 N–H and O–H groups in total. The van der Waals surface area contributed by atoms with Crippen molar-refractivity contribution in [3.8, 4) is 11.4 Å². The molecule has 0 radical (unpaired) electrons. The second-order valence-corrected chi connectivity index (χ2v) is 2.89. The molecule has 0 saturated heterocycles. The quantitative estimate of drug-likeness (QED) is 0.660. The first kappa shape index (κ1) is 7.43. The molecule has 0 fully saturated rings. The molecule has 1 aromatic carbocycles. The number of thiol groups is 1. The van der Waals surface area contributed by atoms with E-state index in [0.29, 0.717) is 0 Å². The zero-order valence-corrected chi connectivity index (χ0v) is 7.28. The number of benzene rings is 1. The standard InChI is InChI=1S/C9H8N2S/c12-11-7-6-10-9(11)8-4-2-1-3-5-8/h1-7,12H. The molecule has 0 spiro atoms. The highest BCUT2D eigenvalue weighted by atomic mass is 32.1. The monoisotopic (exact) mass is 176 g/mol. The summed E-state index contributed by atoms with van der Waals surface area (Å²) in [4.78, 5) is 4.17. The third kappa shape index (κ3) is 1.23. The van der Waals surface area contributed by atoms with Gasteiger partial charge in [0.1, 0.15) is 5.82 Å². The highest BCUT2D eigenvalue weighted by Crippen LogP contribution is 2.16. The van der Waals surface area contributed by atoms with Crippen LogP contribution in [-0.4, -0.2) is 8.96 Å². The maximum absolute atomic E-state index is 4.21. The Morgan fingerprint density at radius 3 is 2.50 bits per heavy atom. The molecule has 12 heavy (non-hydrogen) atoms. The summed E-state index contributed by atoms with van der Waals surface area (Å²) in [6.45, 7) is 0. The lowest BCUT2D eigenvalue weighted by atomic mass is 10.2. The van der Waals surface area contributed by atoms with Gasteiger partial charge in [0.05, 0.1) is 0 Å². The summed E-state index contributed by atoms with van der Waals surface area (Å²) < 4.78 is 1.70. The van der Waals surface area contributed by atoms with Gasteiger partial charge >= 0.3 is 0 Å². The molecule has 0 atom stereocenters. The predicted molar refractivity (Wildman–Crippen MR) is 52.0 cm³/mol. The van der Waals surface area contributed by atoms with Crippen molar-refractivity contribution in [2.75, 3.05) is 0 Å². The molecule has 1 heterocycles. The summed E-state index contributed by atoms with van der Waals surface area (Å²) in [5.74, 6) is 0.874. The van der Waals surface area contributed by atoms with Crippen LogP contribution in [0.2, 0.25) is 0 Å². The number of hydrogen-bond acceptors (Lipinski definition) is 2. The van der Waals surface area contributed by atoms with Gasteiger partial charge in [-0.1, -0.05) is 43.1 Å². The van der Waals surface area contributed by atoms with E-state index in [0.717, 1.165) is 11.4 Å². The number of hydrogen-bond donors (Lipinski definition) is 1. The van der Waals surface area contributed by atoms with Gasteiger partial charge in [0.2, 0.25) is 0 Å². The molecule has 2 rings (SSSR count). The van der Waals surface area contributed by atoms with Gasteiger partial charge in [-0.15, -0.1) is 0 Å². The van der Waals surface area contributed by atoms with E-state index in [1.165, 1.54) is 0 Å². The van der Waals surface area contributed by atoms with E-state index in [1.54, 1.807) is 10.2 Å². The number of imidazole rings is 1. The minimum absolute atomic E-state index is 0.874. The van der Waals surface area contributed by atoms with E-state index in [4.69, 9.17) is 0 Å². The first-order valence-electron chi connectivity index (χ1n) is 3.66. The van der Waals surface area contributed by atoms with Gasteiger partial charge in [-0.2, -0.15) is 0 Å². The van der Waals surface area contributed by atoms with Crippen LogP contribution in [0.4, 0.5) is 0 Å². The van der Waals surface area contributed by atoms with Crippen LogP contribution in [0.5, 0.6) is 0 Å². The number of nitrogens with zero attached hydrogens (tertiary/aromatic N) is 2. The lowest BCUT2D eigenvalue weighted by Gasteiger charge is -1.98. The van der Waals surface area contributed by atoms with Crippen molar-refractivity contribution in [3.05, 3.63) is 42.7 Å². The van der Waals surface area contributed by atoms with Crippen molar-refractivity contribution in [2.45, 2.75) is 0 Å². The third-order valence-electron chi connectivity index (χ3n) is 1.65. The van der Waals surface area contributed by atoms with E-state index in [2.05, 4.69) is 17.8 Å². The molecule has 0 aliphatic heterocycles. The summed E-state index contributed by atoms with van der Waals surface area (Å²) in [7, 11) is 0. The Morgan fingerprint density at radius 2 is 1.92 bits per heavy atom. The zero-order chi connectivity index (χ0) is 8.39. The van der Waals surface area contributed by atoms with Crippen molar-refractivity contribution in [1.82, 2.24) is 8.96 Å². The van der Waals surface area contributed by atoms with E-state index < -0.39 is 0 Å². The topological polar surface area (TPSA) is 17.8 Å². The SMILES string of the molecule is Sn1ccnc1-c1ccccc1. The van der Waals surface area contributed by atoms with E-state index in [9.17, 15) is 0 Å². The summed E-state index contributed by atoms with van der Waals surface area (Å²) in [5, 5.41) is 0. The van der Waals surface area contributed by atoms with Gasteiger partial charge in [-0.05, 0) is 0 Å². The van der Waals surface area contributed by atoms with Crippen LogP contribution >= 0.6 is 12.8 Å². The molecular formula is C9H8N2S. The minimum Gasteiger partial charge on any atom is -0.276 e. The van der Waals surface area contributed by atoms with Gasteiger partial charge in [0.15, 0.2) is 0 Å². The van der Waals surface area contributed by atoms with Crippen LogP contribution in [0.25, 0.3) is 11.4 Å². The first-order valence-corrected chi connectivity index (χ1v) is 4.06. The van der Waals surface area contributed by atoms with Crippen molar-refractivity contribution < 1.29 is 0 Å². The van der Waals surface area contributed by atoms with Gasteiger partial charge in [-0.3, -0.25) is 3.97 Å². The summed E-state index contributed by atoms with van der Waals surface area (Å²) in [6.07, 6.45) is 3.54. The Morgan fingerprint density at radius 1 is 1.17 bits per heavy atom. The molecule has 0 aliphatic rings. The predicted octanol–water partition coefficient (Wildman–Crippen LogP) is 2.24. The second kappa shape index (κ2) is 3.03. The fourth-order valence-corrected chi connectivity index (χ4v) is 1.32. The maximum Gasteiger partial charge on any atom is 0.149 e. The Bertz CT molecular complexity index is 367. The molecule has 1 aromatic heterocycles. The highest BCUT2D eigenvalue weighted by Gasteiger charge is 2.00. The lowest BCUT2D eigenvalue weighted by molar-refractivity contribution is 1.25.